The number of nitrogens with one attached hydrogen (secondary N) is 1. The molecule has 1 N–H and O–H groups in total. The van der Waals surface area contributed by atoms with Crippen LogP contribution < -0.4 is 0 Å². The Bertz CT molecular complexity index is 1520. The van der Waals surface area contributed by atoms with E-state index in [1.54, 1.807) is 34.6 Å². The van der Waals surface area contributed by atoms with Crippen LogP contribution in [0, 0.1) is 24.0 Å². The third kappa shape index (κ3) is 4.59. The van der Waals surface area contributed by atoms with E-state index >= 15 is 0 Å². The number of halogens is 3. The molecular formula is C30H29F3N4O. The minimum atomic E-state index is -1.15. The molecule has 1 aliphatic heterocycles. The van der Waals surface area contributed by atoms with E-state index < -0.39 is 17.9 Å². The molecule has 3 aromatic carbocycles. The number of para-hydroxylation sites is 2. The van der Waals surface area contributed by atoms with Crippen molar-refractivity contribution in [1.29, 1.82) is 5.41 Å². The van der Waals surface area contributed by atoms with E-state index in [9.17, 15) is 18.0 Å². The topological polar surface area (TPSA) is 62.0 Å². The highest BCUT2D eigenvalue weighted by Gasteiger charge is 2.30. The summed E-state index contributed by atoms with van der Waals surface area (Å²) in [6.07, 6.45) is 0.541. The first-order chi connectivity index (χ1) is 18.3. The number of rotatable bonds is 6. The van der Waals surface area contributed by atoms with Crippen LogP contribution in [-0.4, -0.2) is 39.2 Å². The molecule has 1 fully saturated rings. The molecule has 1 atom stereocenters. The quantitative estimate of drug-likeness (QED) is 0.281. The average molecular weight is 519 g/mol. The molecule has 38 heavy (non-hydrogen) atoms. The van der Waals surface area contributed by atoms with Gasteiger partial charge in [-0.25, -0.2) is 18.2 Å². The monoisotopic (exact) mass is 518 g/mol. The molecule has 196 valence electrons. The van der Waals surface area contributed by atoms with Gasteiger partial charge in [0, 0.05) is 35.7 Å². The number of carbonyl (C=O) groups is 1. The van der Waals surface area contributed by atoms with Gasteiger partial charge < -0.3 is 4.90 Å². The summed E-state index contributed by atoms with van der Waals surface area (Å²) >= 11 is 0. The van der Waals surface area contributed by atoms with Crippen molar-refractivity contribution in [2.45, 2.75) is 45.3 Å². The number of carbonyl (C=O) groups excluding carboxylic acids is 1. The van der Waals surface area contributed by atoms with Gasteiger partial charge in [0.1, 0.15) is 5.82 Å². The highest BCUT2D eigenvalue weighted by Crippen LogP contribution is 2.34. The van der Waals surface area contributed by atoms with Crippen molar-refractivity contribution in [2.75, 3.05) is 13.1 Å². The molecule has 1 unspecified atom stereocenters. The van der Waals surface area contributed by atoms with Crippen LogP contribution in [-0.2, 0) is 0 Å². The van der Waals surface area contributed by atoms with Crippen molar-refractivity contribution in [3.05, 3.63) is 100 Å². The van der Waals surface area contributed by atoms with Crippen LogP contribution in [0.3, 0.4) is 0 Å². The minimum Gasteiger partial charge on any atom is -0.339 e. The van der Waals surface area contributed by atoms with E-state index in [-0.39, 0.29) is 23.1 Å². The van der Waals surface area contributed by atoms with Crippen LogP contribution in [0.15, 0.2) is 60.7 Å². The number of hydrogen-bond acceptors (Lipinski definition) is 3. The van der Waals surface area contributed by atoms with E-state index in [0.29, 0.717) is 49.0 Å². The second-order valence-corrected chi connectivity index (χ2v) is 9.74. The van der Waals surface area contributed by atoms with Crippen LogP contribution in [0.1, 0.15) is 71.3 Å². The summed E-state index contributed by atoms with van der Waals surface area (Å²) in [4.78, 5) is 19.8. The molecule has 4 aromatic rings. The molecule has 1 aromatic heterocycles. The average Bonchev–Trinajstić information content (AvgIpc) is 3.33. The molecule has 5 nitrogen and oxygen atoms in total. The SMILES string of the molecule is CCC(F)n1c(C2CCN(C(=O)c3ccc(C(=N)c4cccc(F)c4F)c(C)c3)CC2)nc2ccccc21. The first-order valence-corrected chi connectivity index (χ1v) is 12.8. The predicted octanol–water partition coefficient (Wildman–Crippen LogP) is 6.94. The highest BCUT2D eigenvalue weighted by molar-refractivity contribution is 6.12. The maximum atomic E-state index is 15.0. The third-order valence-corrected chi connectivity index (χ3v) is 7.35. The van der Waals surface area contributed by atoms with Crippen LogP contribution >= 0.6 is 0 Å². The van der Waals surface area contributed by atoms with Crippen molar-refractivity contribution in [1.82, 2.24) is 14.5 Å². The van der Waals surface area contributed by atoms with E-state index in [0.717, 1.165) is 22.9 Å². The lowest BCUT2D eigenvalue weighted by Crippen LogP contribution is -2.38. The molecule has 1 saturated heterocycles. The lowest BCUT2D eigenvalue weighted by Gasteiger charge is -2.32. The number of fused-ring (bicyclic) bond motifs is 1. The highest BCUT2D eigenvalue weighted by atomic mass is 19.2. The maximum absolute atomic E-state index is 15.0. The Balaban J connectivity index is 1.31. The number of benzene rings is 3. The van der Waals surface area contributed by atoms with Crippen molar-refractivity contribution < 1.29 is 18.0 Å². The molecule has 5 rings (SSSR count). The molecule has 0 aliphatic carbocycles. The summed E-state index contributed by atoms with van der Waals surface area (Å²) in [5, 5.41) is 8.39. The number of likely N-dealkylation sites (tertiary alicyclic amines) is 1. The largest absolute Gasteiger partial charge is 0.339 e. The molecule has 0 spiro atoms. The van der Waals surface area contributed by atoms with Crippen molar-refractivity contribution >= 4 is 22.7 Å². The Kier molecular flexibility index (Phi) is 7.06. The van der Waals surface area contributed by atoms with Gasteiger partial charge in [-0.05, 0) is 68.1 Å². The lowest BCUT2D eigenvalue weighted by molar-refractivity contribution is 0.0708. The van der Waals surface area contributed by atoms with Gasteiger partial charge in [0.2, 0.25) is 0 Å². The van der Waals surface area contributed by atoms with Crippen molar-refractivity contribution in [3.63, 3.8) is 0 Å². The van der Waals surface area contributed by atoms with Crippen molar-refractivity contribution in [3.8, 4) is 0 Å². The Hall–Kier alpha value is -3.94. The molecule has 1 amide bonds. The second-order valence-electron chi connectivity index (χ2n) is 9.74. The second kappa shape index (κ2) is 10.4. The zero-order chi connectivity index (χ0) is 27.0. The summed E-state index contributed by atoms with van der Waals surface area (Å²) < 4.78 is 44.5. The fraction of sp³-hybridized carbons (Fsp3) is 0.300. The fourth-order valence-corrected chi connectivity index (χ4v) is 5.27. The third-order valence-electron chi connectivity index (χ3n) is 7.35. The molecule has 0 saturated carbocycles. The summed E-state index contributed by atoms with van der Waals surface area (Å²) in [6, 6.07) is 16.2. The lowest BCUT2D eigenvalue weighted by atomic mass is 9.94. The molecule has 1 aliphatic rings. The van der Waals surface area contributed by atoms with E-state index in [2.05, 4.69) is 0 Å². The van der Waals surface area contributed by atoms with Gasteiger partial charge >= 0.3 is 0 Å². The fourth-order valence-electron chi connectivity index (χ4n) is 5.27. The van der Waals surface area contributed by atoms with E-state index in [1.807, 2.05) is 31.2 Å². The summed E-state index contributed by atoms with van der Waals surface area (Å²) in [6.45, 7) is 4.59. The van der Waals surface area contributed by atoms with Crippen LogP contribution in [0.2, 0.25) is 0 Å². The maximum Gasteiger partial charge on any atom is 0.253 e. The normalized spacial score (nSPS) is 15.1. The first-order valence-electron chi connectivity index (χ1n) is 12.8. The molecular weight excluding hydrogens is 489 g/mol. The number of amides is 1. The number of aromatic nitrogens is 2. The molecule has 0 radical (unpaired) electrons. The summed E-state index contributed by atoms with van der Waals surface area (Å²) in [5.41, 5.74) is 2.83. The number of piperidine rings is 1. The van der Waals surface area contributed by atoms with Crippen LogP contribution in [0.25, 0.3) is 11.0 Å². The van der Waals surface area contributed by atoms with Gasteiger partial charge in [0.15, 0.2) is 17.9 Å². The smallest absolute Gasteiger partial charge is 0.253 e. The van der Waals surface area contributed by atoms with E-state index in [4.69, 9.17) is 10.4 Å². The van der Waals surface area contributed by atoms with E-state index in [1.165, 1.54) is 12.1 Å². The summed E-state index contributed by atoms with van der Waals surface area (Å²) in [7, 11) is 0. The van der Waals surface area contributed by atoms with Gasteiger partial charge in [-0.15, -0.1) is 0 Å². The van der Waals surface area contributed by atoms with Gasteiger partial charge in [-0.1, -0.05) is 31.2 Å². The number of alkyl halides is 1. The van der Waals surface area contributed by atoms with Crippen LogP contribution in [0.5, 0.6) is 0 Å². The Labute approximate surface area is 219 Å². The zero-order valence-corrected chi connectivity index (χ0v) is 21.3. The minimum absolute atomic E-state index is 0.0435. The molecule has 0 bridgehead atoms. The Morgan fingerprint density at radius 2 is 1.79 bits per heavy atom. The van der Waals surface area contributed by atoms with Gasteiger partial charge in [0.25, 0.3) is 5.91 Å². The number of hydrogen-bond donors (Lipinski definition) is 1. The Morgan fingerprint density at radius 3 is 2.50 bits per heavy atom. The Morgan fingerprint density at radius 1 is 1.05 bits per heavy atom. The van der Waals surface area contributed by atoms with Gasteiger partial charge in [-0.3, -0.25) is 14.8 Å². The van der Waals surface area contributed by atoms with Crippen molar-refractivity contribution in [2.24, 2.45) is 0 Å². The molecule has 8 heteroatoms. The van der Waals surface area contributed by atoms with Gasteiger partial charge in [0.05, 0.1) is 16.7 Å². The van der Waals surface area contributed by atoms with Gasteiger partial charge in [-0.2, -0.15) is 0 Å². The molecule has 2 heterocycles. The number of nitrogens with zero attached hydrogens (tertiary/aromatic N) is 3. The summed E-state index contributed by atoms with van der Waals surface area (Å²) in [5.74, 6) is -1.43. The number of aryl methyl sites for hydroxylation is 1. The zero-order valence-electron chi connectivity index (χ0n) is 21.3. The van der Waals surface area contributed by atoms with Crippen LogP contribution in [0.4, 0.5) is 13.2 Å². The number of imidazole rings is 1. The standard InChI is InChI=1S/C30H29F3N4O/c1-3-26(32)37-25-10-5-4-9-24(25)35-29(37)19-13-15-36(16-14-19)30(38)20-11-12-21(18(2)17-20)28(34)22-7-6-8-23(31)27(22)33/h4-12,17,19,26,34H,3,13-16H2,1-2H3. The first kappa shape index (κ1) is 25.7. The predicted molar refractivity (Wildman–Crippen MR) is 142 cm³/mol.